The molecule has 24 heavy (non-hydrogen) atoms. The van der Waals surface area contributed by atoms with Crippen molar-refractivity contribution in [3.05, 3.63) is 52.1 Å². The minimum Gasteiger partial charge on any atom is -0.493 e. The SMILES string of the molecule is COc1cc(CO)ccc1Oc1ccc(S(C)(=O)=O)cc1[N+](=O)[O-]. The summed E-state index contributed by atoms with van der Waals surface area (Å²) in [6.45, 7) is -0.195. The summed E-state index contributed by atoms with van der Waals surface area (Å²) in [6.07, 6.45) is 0.962. The maximum absolute atomic E-state index is 11.5. The molecule has 2 rings (SSSR count). The molecule has 0 atom stereocenters. The number of nitro groups is 1. The van der Waals surface area contributed by atoms with E-state index in [1.54, 1.807) is 6.07 Å². The van der Waals surface area contributed by atoms with E-state index in [0.29, 0.717) is 5.56 Å². The van der Waals surface area contributed by atoms with Crippen molar-refractivity contribution >= 4 is 15.5 Å². The van der Waals surface area contributed by atoms with E-state index in [4.69, 9.17) is 14.6 Å². The first-order chi connectivity index (χ1) is 11.3. The Kier molecular flexibility index (Phi) is 5.05. The van der Waals surface area contributed by atoms with Gasteiger partial charge in [-0.15, -0.1) is 0 Å². The van der Waals surface area contributed by atoms with Crippen LogP contribution in [0, 0.1) is 10.1 Å². The number of aliphatic hydroxyl groups is 1. The number of aliphatic hydroxyl groups excluding tert-OH is 1. The van der Waals surface area contributed by atoms with Crippen LogP contribution in [0.2, 0.25) is 0 Å². The van der Waals surface area contributed by atoms with Gasteiger partial charge in [0.2, 0.25) is 5.75 Å². The van der Waals surface area contributed by atoms with Crippen molar-refractivity contribution in [2.45, 2.75) is 11.5 Å². The summed E-state index contributed by atoms with van der Waals surface area (Å²) in [4.78, 5) is 10.3. The van der Waals surface area contributed by atoms with E-state index < -0.39 is 20.4 Å². The van der Waals surface area contributed by atoms with E-state index in [9.17, 15) is 18.5 Å². The number of hydrogen-bond acceptors (Lipinski definition) is 7. The van der Waals surface area contributed by atoms with Gasteiger partial charge < -0.3 is 14.6 Å². The zero-order valence-corrected chi connectivity index (χ0v) is 13.7. The van der Waals surface area contributed by atoms with Gasteiger partial charge in [-0.05, 0) is 29.8 Å². The van der Waals surface area contributed by atoms with E-state index in [0.717, 1.165) is 12.3 Å². The highest BCUT2D eigenvalue weighted by Crippen LogP contribution is 2.37. The summed E-state index contributed by atoms with van der Waals surface area (Å²) in [5, 5.41) is 20.3. The van der Waals surface area contributed by atoms with Gasteiger partial charge >= 0.3 is 5.69 Å². The first kappa shape index (κ1) is 17.7. The van der Waals surface area contributed by atoms with Crippen LogP contribution >= 0.6 is 0 Å². The van der Waals surface area contributed by atoms with E-state index >= 15 is 0 Å². The lowest BCUT2D eigenvalue weighted by Gasteiger charge is -2.12. The van der Waals surface area contributed by atoms with Gasteiger partial charge in [0.15, 0.2) is 21.3 Å². The minimum atomic E-state index is -3.58. The number of hydrogen-bond donors (Lipinski definition) is 1. The molecule has 0 unspecified atom stereocenters. The molecule has 0 aliphatic carbocycles. The molecule has 0 fully saturated rings. The van der Waals surface area contributed by atoms with Crippen LogP contribution in [-0.2, 0) is 16.4 Å². The smallest absolute Gasteiger partial charge is 0.312 e. The summed E-state index contributed by atoms with van der Waals surface area (Å²) < 4.78 is 33.7. The largest absolute Gasteiger partial charge is 0.493 e. The molecule has 2 aromatic carbocycles. The number of benzene rings is 2. The number of rotatable bonds is 6. The third-order valence-corrected chi connectivity index (χ3v) is 4.30. The van der Waals surface area contributed by atoms with Crippen molar-refractivity contribution in [3.63, 3.8) is 0 Å². The zero-order chi connectivity index (χ0) is 17.9. The molecular formula is C15H15NO7S. The number of methoxy groups -OCH3 is 1. The van der Waals surface area contributed by atoms with Crippen molar-refractivity contribution < 1.29 is 27.9 Å². The monoisotopic (exact) mass is 353 g/mol. The number of sulfone groups is 1. The van der Waals surface area contributed by atoms with Gasteiger partial charge in [-0.25, -0.2) is 8.42 Å². The highest BCUT2D eigenvalue weighted by molar-refractivity contribution is 7.90. The second-order valence-electron chi connectivity index (χ2n) is 4.90. The molecule has 2 aromatic rings. The van der Waals surface area contributed by atoms with E-state index in [1.807, 2.05) is 0 Å². The topological polar surface area (TPSA) is 116 Å². The lowest BCUT2D eigenvalue weighted by molar-refractivity contribution is -0.385. The summed E-state index contributed by atoms with van der Waals surface area (Å²) in [7, 11) is -2.19. The normalized spacial score (nSPS) is 11.1. The molecule has 128 valence electrons. The fraction of sp³-hybridized carbons (Fsp3) is 0.200. The Balaban J connectivity index is 2.48. The Labute approximate surface area is 138 Å². The van der Waals surface area contributed by atoms with Crippen LogP contribution in [0.1, 0.15) is 5.56 Å². The van der Waals surface area contributed by atoms with Crippen molar-refractivity contribution in [2.75, 3.05) is 13.4 Å². The Hall–Kier alpha value is -2.65. The molecule has 1 N–H and O–H groups in total. The predicted octanol–water partition coefficient (Wildman–Crippen LogP) is 2.29. The quantitative estimate of drug-likeness (QED) is 0.625. The number of nitro benzene ring substituents is 1. The fourth-order valence-electron chi connectivity index (χ4n) is 1.97. The third kappa shape index (κ3) is 3.81. The highest BCUT2D eigenvalue weighted by Gasteiger charge is 2.21. The molecule has 8 nitrogen and oxygen atoms in total. The van der Waals surface area contributed by atoms with E-state index in [-0.39, 0.29) is 28.8 Å². The Morgan fingerprint density at radius 2 is 1.79 bits per heavy atom. The molecule has 0 saturated heterocycles. The minimum absolute atomic E-state index is 0.123. The molecule has 0 spiro atoms. The molecule has 0 aliphatic rings. The molecule has 0 saturated carbocycles. The van der Waals surface area contributed by atoms with Gasteiger partial charge in [-0.3, -0.25) is 10.1 Å². The lowest BCUT2D eigenvalue weighted by Crippen LogP contribution is -2.01. The van der Waals surface area contributed by atoms with Crippen LogP contribution in [0.5, 0.6) is 17.2 Å². The summed E-state index contributed by atoms with van der Waals surface area (Å²) in [6, 6.07) is 8.00. The van der Waals surface area contributed by atoms with Gasteiger partial charge in [-0.2, -0.15) is 0 Å². The van der Waals surface area contributed by atoms with Crippen LogP contribution < -0.4 is 9.47 Å². The molecule has 0 aliphatic heterocycles. The second kappa shape index (κ2) is 6.85. The molecular weight excluding hydrogens is 338 g/mol. The molecule has 0 heterocycles. The van der Waals surface area contributed by atoms with Crippen LogP contribution in [0.15, 0.2) is 41.3 Å². The molecule has 0 bridgehead atoms. The second-order valence-corrected chi connectivity index (χ2v) is 6.92. The van der Waals surface area contributed by atoms with Crippen molar-refractivity contribution in [1.82, 2.24) is 0 Å². The van der Waals surface area contributed by atoms with E-state index in [2.05, 4.69) is 0 Å². The first-order valence-electron chi connectivity index (χ1n) is 6.70. The maximum atomic E-state index is 11.5. The Morgan fingerprint density at radius 1 is 1.12 bits per heavy atom. The van der Waals surface area contributed by atoms with Gasteiger partial charge in [0, 0.05) is 12.3 Å². The molecule has 0 amide bonds. The van der Waals surface area contributed by atoms with Gasteiger partial charge in [0.1, 0.15) is 0 Å². The van der Waals surface area contributed by atoms with Gasteiger partial charge in [-0.1, -0.05) is 6.07 Å². The molecule has 9 heteroatoms. The standard InChI is InChI=1S/C15H15NO7S/c1-22-15-7-10(9-17)3-5-14(15)23-13-6-4-11(24(2,20)21)8-12(13)16(18)19/h3-8,17H,9H2,1-2H3. The van der Waals surface area contributed by atoms with Crippen LogP contribution in [-0.4, -0.2) is 31.8 Å². The highest BCUT2D eigenvalue weighted by atomic mass is 32.2. The molecule has 0 radical (unpaired) electrons. The van der Waals surface area contributed by atoms with Crippen molar-refractivity contribution in [1.29, 1.82) is 0 Å². The summed E-state index contributed by atoms with van der Waals surface area (Å²) in [5.41, 5.74) is 0.104. The van der Waals surface area contributed by atoms with Crippen LogP contribution in [0.3, 0.4) is 0 Å². The molecule has 0 aromatic heterocycles. The van der Waals surface area contributed by atoms with Crippen LogP contribution in [0.25, 0.3) is 0 Å². The Morgan fingerprint density at radius 3 is 2.33 bits per heavy atom. The maximum Gasteiger partial charge on any atom is 0.312 e. The average molecular weight is 353 g/mol. The Bertz CT molecular complexity index is 877. The summed E-state index contributed by atoms with van der Waals surface area (Å²) in [5.74, 6) is 0.357. The fourth-order valence-corrected chi connectivity index (χ4v) is 2.61. The predicted molar refractivity (Wildman–Crippen MR) is 85.2 cm³/mol. The van der Waals surface area contributed by atoms with E-state index in [1.165, 1.54) is 31.4 Å². The van der Waals surface area contributed by atoms with Crippen molar-refractivity contribution in [2.24, 2.45) is 0 Å². The van der Waals surface area contributed by atoms with Crippen molar-refractivity contribution in [3.8, 4) is 17.2 Å². The number of nitrogens with zero attached hydrogens (tertiary/aromatic N) is 1. The summed E-state index contributed by atoms with van der Waals surface area (Å²) >= 11 is 0. The van der Waals surface area contributed by atoms with Crippen LogP contribution in [0.4, 0.5) is 5.69 Å². The van der Waals surface area contributed by atoms with Gasteiger partial charge in [0.25, 0.3) is 0 Å². The number of ether oxygens (including phenoxy) is 2. The third-order valence-electron chi connectivity index (χ3n) is 3.19. The van der Waals surface area contributed by atoms with Gasteiger partial charge in [0.05, 0.1) is 23.5 Å². The average Bonchev–Trinajstić information content (AvgIpc) is 2.54. The lowest BCUT2D eigenvalue weighted by atomic mass is 10.2. The zero-order valence-electron chi connectivity index (χ0n) is 12.9. The first-order valence-corrected chi connectivity index (χ1v) is 8.59.